The molecule has 0 atom stereocenters. The van der Waals surface area contributed by atoms with E-state index in [9.17, 15) is 25.0 Å². The molecule has 0 aromatic carbocycles. The molecule has 0 fully saturated rings. The van der Waals surface area contributed by atoms with Crippen molar-refractivity contribution < 1.29 is 14.6 Å². The molecule has 0 rings (SSSR count). The van der Waals surface area contributed by atoms with Crippen molar-refractivity contribution in [2.45, 2.75) is 71.1 Å². The van der Waals surface area contributed by atoms with Crippen molar-refractivity contribution in [3.63, 3.8) is 0 Å². The van der Waals surface area contributed by atoms with Crippen LogP contribution in [0, 0.1) is 20.2 Å². The summed E-state index contributed by atoms with van der Waals surface area (Å²) in [4.78, 5) is 31.2. The molecule has 0 aliphatic carbocycles. The second-order valence-corrected chi connectivity index (χ2v) is 6.02. The Hall–Kier alpha value is -2.57. The highest BCUT2D eigenvalue weighted by molar-refractivity contribution is 5.50. The van der Waals surface area contributed by atoms with Gasteiger partial charge in [0.15, 0.2) is 6.29 Å². The lowest BCUT2D eigenvalue weighted by Crippen LogP contribution is -2.00. The summed E-state index contributed by atoms with van der Waals surface area (Å²) >= 11 is 0. The van der Waals surface area contributed by atoms with E-state index < -0.39 is 9.85 Å². The van der Waals surface area contributed by atoms with Crippen molar-refractivity contribution in [1.29, 1.82) is 0 Å². The molecule has 0 bridgehead atoms. The molecule has 0 aromatic rings. The van der Waals surface area contributed by atoms with E-state index in [2.05, 4.69) is 13.0 Å². The summed E-state index contributed by atoms with van der Waals surface area (Å²) in [6.45, 7) is 2.16. The van der Waals surface area contributed by atoms with E-state index in [0.29, 0.717) is 6.42 Å². The number of carbonyl (C=O) groups excluding carboxylic acids is 1. The molecular formula is C20H29N2O5. The fourth-order valence-corrected chi connectivity index (χ4v) is 2.28. The van der Waals surface area contributed by atoms with Crippen LogP contribution in [0.2, 0.25) is 0 Å². The van der Waals surface area contributed by atoms with Gasteiger partial charge in [-0.2, -0.15) is 0 Å². The summed E-state index contributed by atoms with van der Waals surface area (Å²) in [5.74, 6) is 0. The Morgan fingerprint density at radius 1 is 0.889 bits per heavy atom. The topological polar surface area (TPSA) is 103 Å². The molecule has 0 saturated heterocycles. The molecule has 0 aliphatic heterocycles. The molecule has 0 spiro atoms. The van der Waals surface area contributed by atoms with Crippen molar-refractivity contribution in [1.82, 2.24) is 0 Å². The van der Waals surface area contributed by atoms with Crippen molar-refractivity contribution >= 4 is 6.29 Å². The normalized spacial score (nSPS) is 12.8. The fourth-order valence-electron chi connectivity index (χ4n) is 2.28. The zero-order valence-corrected chi connectivity index (χ0v) is 16.0. The van der Waals surface area contributed by atoms with Crippen molar-refractivity contribution in [3.05, 3.63) is 68.1 Å². The smallest absolute Gasteiger partial charge is 0.246 e. The first kappa shape index (κ1) is 24.4. The minimum atomic E-state index is -0.517. The summed E-state index contributed by atoms with van der Waals surface area (Å²) in [6.07, 6.45) is 18.5. The molecule has 0 heterocycles. The van der Waals surface area contributed by atoms with Crippen LogP contribution in [0.1, 0.15) is 71.1 Å². The van der Waals surface area contributed by atoms with Crippen LogP contribution in [-0.2, 0) is 4.79 Å². The molecule has 0 unspecified atom stereocenters. The van der Waals surface area contributed by atoms with Crippen LogP contribution in [0.25, 0.3) is 0 Å². The fraction of sp³-hybridized carbons (Fsp3) is 0.550. The van der Waals surface area contributed by atoms with Gasteiger partial charge in [-0.25, -0.2) is 0 Å². The number of hydrogen-bond donors (Lipinski definition) is 0. The molecule has 27 heavy (non-hydrogen) atoms. The van der Waals surface area contributed by atoms with E-state index in [0.717, 1.165) is 12.8 Å². The van der Waals surface area contributed by atoms with Crippen LogP contribution in [0.5, 0.6) is 0 Å². The van der Waals surface area contributed by atoms with Gasteiger partial charge in [-0.1, -0.05) is 44.1 Å². The third-order valence-electron chi connectivity index (χ3n) is 3.79. The number of allylic oxidation sites excluding steroid dienone is 7. The lowest BCUT2D eigenvalue weighted by molar-refractivity contribution is -0.428. The number of hydrogen-bond acceptors (Lipinski definition) is 5. The molecule has 0 amide bonds. The number of unbranched alkanes of at least 4 members (excludes halogenated alkanes) is 4. The molecule has 1 radical (unpaired) electrons. The van der Waals surface area contributed by atoms with Crippen LogP contribution in [0.4, 0.5) is 0 Å². The molecular weight excluding hydrogens is 348 g/mol. The van der Waals surface area contributed by atoms with Gasteiger partial charge in [0, 0.05) is 12.8 Å². The average Bonchev–Trinajstić information content (AvgIpc) is 2.63. The summed E-state index contributed by atoms with van der Waals surface area (Å²) in [6, 6.07) is 0. The summed E-state index contributed by atoms with van der Waals surface area (Å²) in [7, 11) is 0. The van der Waals surface area contributed by atoms with E-state index in [1.165, 1.54) is 31.4 Å². The highest BCUT2D eigenvalue weighted by atomic mass is 16.6. The quantitative estimate of drug-likeness (QED) is 0.154. The molecule has 0 saturated carbocycles. The van der Waals surface area contributed by atoms with Crippen molar-refractivity contribution in [3.8, 4) is 0 Å². The number of nitro groups is 2. The molecule has 0 aliphatic rings. The van der Waals surface area contributed by atoms with Crippen molar-refractivity contribution in [2.75, 3.05) is 0 Å². The molecule has 7 heteroatoms. The average molecular weight is 377 g/mol. The Balaban J connectivity index is 4.49. The van der Waals surface area contributed by atoms with Crippen LogP contribution >= 0.6 is 0 Å². The Labute approximate surface area is 160 Å². The van der Waals surface area contributed by atoms with Gasteiger partial charge in [0.25, 0.3) is 0 Å². The molecule has 149 valence electrons. The van der Waals surface area contributed by atoms with Crippen molar-refractivity contribution in [2.24, 2.45) is 0 Å². The summed E-state index contributed by atoms with van der Waals surface area (Å²) in [5.41, 5.74) is -0.0219. The molecule has 0 aromatic heterocycles. The van der Waals surface area contributed by atoms with Gasteiger partial charge in [-0.3, -0.25) is 25.0 Å². The maximum atomic E-state index is 11.1. The standard InChI is InChI=1S/C20H29N2O5/c1-2-3-4-5-6-7-8-9-10-14-19(21(24)25)16-13-17-20(22(26)27)15-11-12-18-23/h6-7,9-10,16-17H,2-5,8,11-15H2,1H3/b7-6-,10-9-,19-16+,20-17+. The minimum absolute atomic E-state index is 0.0124. The SMILES string of the molecule is CCCCC/C=C\C/C=C\C/C(=C\C/C=C(\CCC[C]=O)[N+](=O)[O-])[N+](=O)[O-]. The first-order valence-corrected chi connectivity index (χ1v) is 9.34. The Morgan fingerprint density at radius 2 is 1.56 bits per heavy atom. The number of rotatable bonds is 16. The minimum Gasteiger partial charge on any atom is -0.291 e. The van der Waals surface area contributed by atoms with Gasteiger partial charge in [0.1, 0.15) is 0 Å². The number of nitrogens with zero attached hydrogens (tertiary/aromatic N) is 2. The highest BCUT2D eigenvalue weighted by Gasteiger charge is 2.11. The second kappa shape index (κ2) is 16.9. The van der Waals surface area contributed by atoms with Gasteiger partial charge in [0.2, 0.25) is 11.4 Å². The Bertz CT molecular complexity index is 577. The van der Waals surface area contributed by atoms with E-state index >= 15 is 0 Å². The summed E-state index contributed by atoms with van der Waals surface area (Å²) < 4.78 is 0. The zero-order valence-electron chi connectivity index (χ0n) is 16.0. The van der Waals surface area contributed by atoms with Gasteiger partial charge in [-0.05, 0) is 44.3 Å². The maximum absolute atomic E-state index is 11.1. The van der Waals surface area contributed by atoms with Gasteiger partial charge < -0.3 is 0 Å². The van der Waals surface area contributed by atoms with E-state index in [1.807, 2.05) is 12.2 Å². The summed E-state index contributed by atoms with van der Waals surface area (Å²) in [5, 5.41) is 22.0. The third-order valence-corrected chi connectivity index (χ3v) is 3.79. The maximum Gasteiger partial charge on any atom is 0.246 e. The predicted molar refractivity (Wildman–Crippen MR) is 106 cm³/mol. The van der Waals surface area contributed by atoms with Gasteiger partial charge >= 0.3 is 0 Å². The van der Waals surface area contributed by atoms with E-state index in [1.54, 1.807) is 12.4 Å². The van der Waals surface area contributed by atoms with E-state index in [4.69, 9.17) is 0 Å². The van der Waals surface area contributed by atoms with E-state index in [-0.39, 0.29) is 37.1 Å². The van der Waals surface area contributed by atoms with Crippen LogP contribution in [-0.4, -0.2) is 16.1 Å². The predicted octanol–water partition coefficient (Wildman–Crippen LogP) is 5.45. The van der Waals surface area contributed by atoms with Crippen LogP contribution < -0.4 is 0 Å². The largest absolute Gasteiger partial charge is 0.291 e. The van der Waals surface area contributed by atoms with Crippen LogP contribution in [0.15, 0.2) is 47.9 Å². The highest BCUT2D eigenvalue weighted by Crippen LogP contribution is 2.11. The monoisotopic (exact) mass is 377 g/mol. The first-order valence-electron chi connectivity index (χ1n) is 9.34. The van der Waals surface area contributed by atoms with Gasteiger partial charge in [0.05, 0.1) is 16.3 Å². The lowest BCUT2D eigenvalue weighted by Gasteiger charge is -1.96. The Morgan fingerprint density at radius 3 is 2.19 bits per heavy atom. The third kappa shape index (κ3) is 14.3. The lowest BCUT2D eigenvalue weighted by atomic mass is 10.1. The molecule has 7 nitrogen and oxygen atoms in total. The Kier molecular flexibility index (Phi) is 15.3. The molecule has 0 N–H and O–H groups in total. The van der Waals surface area contributed by atoms with Gasteiger partial charge in [-0.15, -0.1) is 0 Å². The zero-order chi connectivity index (χ0) is 20.3. The second-order valence-electron chi connectivity index (χ2n) is 6.02. The van der Waals surface area contributed by atoms with Crippen LogP contribution in [0.3, 0.4) is 0 Å². The first-order chi connectivity index (χ1) is 13.0.